The molecule has 2 atom stereocenters. The Hall–Kier alpha value is -5.80. The number of nitrogens with one attached hydrogen (secondary N) is 1. The highest BCUT2D eigenvalue weighted by Crippen LogP contribution is 2.36. The Morgan fingerprint density at radius 3 is 1.85 bits per heavy atom. The molecule has 2 nitrogen and oxygen atoms in total. The van der Waals surface area contributed by atoms with E-state index >= 15 is 0 Å². The van der Waals surface area contributed by atoms with E-state index in [0.717, 1.165) is 5.56 Å². The molecule has 0 saturated heterocycles. The van der Waals surface area contributed by atoms with Crippen LogP contribution in [-0.4, -0.2) is 0 Å². The van der Waals surface area contributed by atoms with E-state index in [4.69, 9.17) is 5.73 Å². The highest BCUT2D eigenvalue weighted by molar-refractivity contribution is 6.16. The van der Waals surface area contributed by atoms with Crippen LogP contribution in [-0.2, 0) is 0 Å². The summed E-state index contributed by atoms with van der Waals surface area (Å²) < 4.78 is 0. The first-order valence-corrected chi connectivity index (χ1v) is 16.6. The molecule has 3 N–H and O–H groups in total. The van der Waals surface area contributed by atoms with Crippen LogP contribution in [0.25, 0.3) is 60.6 Å². The summed E-state index contributed by atoms with van der Waals surface area (Å²) in [7, 11) is 0. The molecule has 8 rings (SSSR count). The summed E-state index contributed by atoms with van der Waals surface area (Å²) in [6, 6.07) is 62.3. The first-order valence-electron chi connectivity index (χ1n) is 16.6. The molecule has 230 valence electrons. The second kappa shape index (κ2) is 13.1. The van der Waals surface area contributed by atoms with Crippen LogP contribution < -0.4 is 11.1 Å². The number of rotatable bonds is 8. The van der Waals surface area contributed by atoms with E-state index in [1.165, 1.54) is 65.7 Å². The van der Waals surface area contributed by atoms with Crippen LogP contribution in [0.3, 0.4) is 0 Å². The van der Waals surface area contributed by atoms with Crippen LogP contribution in [0.1, 0.15) is 28.9 Å². The van der Waals surface area contributed by atoms with Gasteiger partial charge in [-0.25, -0.2) is 0 Å². The summed E-state index contributed by atoms with van der Waals surface area (Å²) in [5, 5.41) is 11.2. The van der Waals surface area contributed by atoms with Crippen molar-refractivity contribution in [2.45, 2.75) is 12.2 Å². The fourth-order valence-corrected chi connectivity index (χ4v) is 6.93. The number of nitrogens with two attached hydrogens (primary N) is 1. The lowest BCUT2D eigenvalue weighted by molar-refractivity contribution is 0.510. The SMILES string of the molecule is NC(NC(/C=C/c1c2ccccc2cc2c1ccc1ccccc12)c1ccccc1-c1ccc(-c2ccccc2)cc1)c1ccccc1. The summed E-state index contributed by atoms with van der Waals surface area (Å²) in [6.07, 6.45) is 4.23. The van der Waals surface area contributed by atoms with Crippen molar-refractivity contribution in [1.29, 1.82) is 0 Å². The van der Waals surface area contributed by atoms with Gasteiger partial charge in [-0.05, 0) is 77.3 Å². The lowest BCUT2D eigenvalue weighted by Crippen LogP contribution is -2.31. The quantitative estimate of drug-likeness (QED) is 0.101. The van der Waals surface area contributed by atoms with Gasteiger partial charge in [0.05, 0.1) is 12.2 Å². The molecule has 0 aliphatic rings. The Morgan fingerprint density at radius 1 is 0.458 bits per heavy atom. The molecule has 2 heteroatoms. The third kappa shape index (κ3) is 5.80. The van der Waals surface area contributed by atoms with Gasteiger partial charge < -0.3 is 5.73 Å². The summed E-state index contributed by atoms with van der Waals surface area (Å²) >= 11 is 0. The second-order valence-electron chi connectivity index (χ2n) is 12.3. The van der Waals surface area contributed by atoms with Crippen molar-refractivity contribution >= 4 is 38.4 Å². The molecule has 2 unspecified atom stereocenters. The molecule has 0 aliphatic heterocycles. The normalized spacial score (nSPS) is 12.9. The first-order chi connectivity index (χ1) is 23.7. The molecular weight excluding hydrogens is 581 g/mol. The minimum absolute atomic E-state index is 0.167. The molecule has 48 heavy (non-hydrogen) atoms. The maximum atomic E-state index is 6.87. The van der Waals surface area contributed by atoms with E-state index in [-0.39, 0.29) is 12.2 Å². The number of hydrogen-bond donors (Lipinski definition) is 2. The zero-order chi connectivity index (χ0) is 32.3. The van der Waals surface area contributed by atoms with E-state index in [9.17, 15) is 0 Å². The average molecular weight is 617 g/mol. The molecule has 0 amide bonds. The fraction of sp³-hybridized carbons (Fsp3) is 0.0435. The van der Waals surface area contributed by atoms with E-state index in [2.05, 4.69) is 175 Å². The Morgan fingerprint density at radius 2 is 1.06 bits per heavy atom. The van der Waals surface area contributed by atoms with Gasteiger partial charge >= 0.3 is 0 Å². The second-order valence-corrected chi connectivity index (χ2v) is 12.3. The third-order valence-electron chi connectivity index (χ3n) is 9.38. The largest absolute Gasteiger partial charge is 0.312 e. The highest BCUT2D eigenvalue weighted by Gasteiger charge is 2.18. The molecule has 0 heterocycles. The van der Waals surface area contributed by atoms with E-state index in [0.29, 0.717) is 0 Å². The van der Waals surface area contributed by atoms with Gasteiger partial charge in [-0.3, -0.25) is 5.32 Å². The molecule has 0 saturated carbocycles. The lowest BCUT2D eigenvalue weighted by atomic mass is 9.91. The number of benzene rings is 8. The summed E-state index contributed by atoms with van der Waals surface area (Å²) in [4.78, 5) is 0. The average Bonchev–Trinajstić information content (AvgIpc) is 3.16. The lowest BCUT2D eigenvalue weighted by Gasteiger charge is -2.24. The van der Waals surface area contributed by atoms with Gasteiger partial charge in [0.1, 0.15) is 0 Å². The fourth-order valence-electron chi connectivity index (χ4n) is 6.93. The van der Waals surface area contributed by atoms with Crippen molar-refractivity contribution in [3.8, 4) is 22.3 Å². The predicted molar refractivity (Wildman–Crippen MR) is 205 cm³/mol. The van der Waals surface area contributed by atoms with Gasteiger partial charge in [-0.2, -0.15) is 0 Å². The van der Waals surface area contributed by atoms with E-state index < -0.39 is 0 Å². The Labute approximate surface area is 281 Å². The molecule has 0 fully saturated rings. The molecule has 8 aromatic rings. The minimum atomic E-state index is -0.359. The van der Waals surface area contributed by atoms with Crippen molar-refractivity contribution in [1.82, 2.24) is 5.32 Å². The minimum Gasteiger partial charge on any atom is -0.312 e. The Balaban J connectivity index is 1.26. The first kappa shape index (κ1) is 29.6. The van der Waals surface area contributed by atoms with E-state index in [1.807, 2.05) is 18.2 Å². The van der Waals surface area contributed by atoms with Crippen LogP contribution >= 0.6 is 0 Å². The summed E-state index contributed by atoms with van der Waals surface area (Å²) in [5.41, 5.74) is 15.0. The van der Waals surface area contributed by atoms with Gasteiger partial charge in [0, 0.05) is 0 Å². The molecule has 0 aromatic heterocycles. The van der Waals surface area contributed by atoms with E-state index in [1.54, 1.807) is 0 Å². The maximum absolute atomic E-state index is 6.87. The van der Waals surface area contributed by atoms with Crippen molar-refractivity contribution in [2.75, 3.05) is 0 Å². The molecular formula is C46H36N2. The predicted octanol–water partition coefficient (Wildman–Crippen LogP) is 11.5. The summed E-state index contributed by atoms with van der Waals surface area (Å²) in [6.45, 7) is 0. The molecule has 0 aliphatic carbocycles. The maximum Gasteiger partial charge on any atom is 0.0817 e. The third-order valence-corrected chi connectivity index (χ3v) is 9.38. The van der Waals surface area contributed by atoms with Gasteiger partial charge in [0.2, 0.25) is 0 Å². The van der Waals surface area contributed by atoms with Crippen molar-refractivity contribution < 1.29 is 0 Å². The van der Waals surface area contributed by atoms with Crippen molar-refractivity contribution in [3.05, 3.63) is 199 Å². The Bertz CT molecular complexity index is 2380. The van der Waals surface area contributed by atoms with Gasteiger partial charge in [-0.15, -0.1) is 0 Å². The molecule has 0 bridgehead atoms. The zero-order valence-corrected chi connectivity index (χ0v) is 26.6. The van der Waals surface area contributed by atoms with Gasteiger partial charge in [0.15, 0.2) is 0 Å². The van der Waals surface area contributed by atoms with Crippen LogP contribution in [0.4, 0.5) is 0 Å². The number of hydrogen-bond acceptors (Lipinski definition) is 2. The highest BCUT2D eigenvalue weighted by atomic mass is 15.0. The van der Waals surface area contributed by atoms with Crippen LogP contribution in [0, 0.1) is 0 Å². The molecule has 8 aromatic carbocycles. The van der Waals surface area contributed by atoms with Crippen LogP contribution in [0.5, 0.6) is 0 Å². The smallest absolute Gasteiger partial charge is 0.0817 e. The zero-order valence-electron chi connectivity index (χ0n) is 26.6. The van der Waals surface area contributed by atoms with Crippen molar-refractivity contribution in [3.63, 3.8) is 0 Å². The summed E-state index contributed by atoms with van der Waals surface area (Å²) in [5.74, 6) is 0. The molecule has 0 radical (unpaired) electrons. The van der Waals surface area contributed by atoms with Crippen molar-refractivity contribution in [2.24, 2.45) is 5.73 Å². The van der Waals surface area contributed by atoms with Crippen LogP contribution in [0.2, 0.25) is 0 Å². The van der Waals surface area contributed by atoms with Crippen LogP contribution in [0.15, 0.2) is 182 Å². The van der Waals surface area contributed by atoms with Gasteiger partial charge in [0.25, 0.3) is 0 Å². The molecule has 0 spiro atoms. The van der Waals surface area contributed by atoms with Gasteiger partial charge in [-0.1, -0.05) is 182 Å². The standard InChI is InChI=1S/C46H36N2/c47-46(36-16-5-2-6-17-36)48-45(43-22-12-11-19-38(43)35-25-23-33(24-26-35)32-13-3-1-4-14-32)30-29-41-40-21-10-8-18-37(40)31-44-39-20-9-7-15-34(39)27-28-42(41)44/h1-31,45-46,48H,47H2/b30-29+. The monoisotopic (exact) mass is 616 g/mol. The topological polar surface area (TPSA) is 38.0 Å². The Kier molecular flexibility index (Phi) is 8.10. The number of fused-ring (bicyclic) bond motifs is 4.